The number of rotatable bonds is 11. The first-order chi connectivity index (χ1) is 15.2. The van der Waals surface area contributed by atoms with Crippen LogP contribution < -0.4 is 26.3 Å². The summed E-state index contributed by atoms with van der Waals surface area (Å²) in [5.74, 6) is -1.53. The fraction of sp³-hybridized carbons (Fsp3) is 0.318. The molecule has 0 fully saturated rings. The summed E-state index contributed by atoms with van der Waals surface area (Å²) in [5.41, 5.74) is 11.7. The molecule has 0 saturated carbocycles. The molecule has 0 bridgehead atoms. The number of nitrogens with one attached hydrogen (secondary N) is 2. The molecule has 9 nitrogen and oxygen atoms in total. The van der Waals surface area contributed by atoms with Gasteiger partial charge in [-0.15, -0.1) is 0 Å². The Morgan fingerprint density at radius 1 is 1.19 bits per heavy atom. The first kappa shape index (κ1) is 24.6. The second kappa shape index (κ2) is 11.1. The Kier molecular flexibility index (Phi) is 8.54. The second-order valence-electron chi connectivity index (χ2n) is 6.84. The van der Waals surface area contributed by atoms with Gasteiger partial charge in [0.05, 0.1) is 7.11 Å². The maximum atomic E-state index is 14.5. The van der Waals surface area contributed by atoms with Crippen LogP contribution >= 0.6 is 0 Å². The lowest BCUT2D eigenvalue weighted by molar-refractivity contribution is -0.133. The van der Waals surface area contributed by atoms with Crippen LogP contribution in [0.3, 0.4) is 0 Å². The van der Waals surface area contributed by atoms with Gasteiger partial charge in [0, 0.05) is 35.9 Å². The summed E-state index contributed by atoms with van der Waals surface area (Å²) in [6, 6.07) is 8.80. The van der Waals surface area contributed by atoms with Gasteiger partial charge in [-0.1, -0.05) is 12.1 Å². The highest BCUT2D eigenvalue weighted by Crippen LogP contribution is 2.26. The molecule has 0 aliphatic heterocycles. The molecule has 1 unspecified atom stereocenters. The maximum absolute atomic E-state index is 14.5. The number of ether oxygens (including phenoxy) is 3. The molecule has 0 aliphatic carbocycles. The number of primary amides is 1. The summed E-state index contributed by atoms with van der Waals surface area (Å²) in [6.07, 6.45) is -2.13. The van der Waals surface area contributed by atoms with Gasteiger partial charge in [0.2, 0.25) is 0 Å². The number of amides is 2. The number of nitrogens with two attached hydrogens (primary N) is 2. The number of methoxy groups -OCH3 is 1. The molecule has 2 atom stereocenters. The average Bonchev–Trinajstić information content (AvgIpc) is 2.76. The maximum Gasteiger partial charge on any atom is 0.258 e. The minimum absolute atomic E-state index is 0.0147. The standard InChI is InChI=1S/C22H27FN4O5/c1-4-31-19(16-8-7-15(30-3)10-17(16)23)22(29)27-11-14-6-5-13(20(24)25)9-18(14)32-12(2)21(26)28/h5-10,12,19H,4,11H2,1-3H3,(H3,24,25)(H2,26,28)(H,27,29)/t12-,19?/m0/s1. The van der Waals surface area contributed by atoms with E-state index in [1.807, 2.05) is 0 Å². The molecule has 0 radical (unpaired) electrons. The Hall–Kier alpha value is -3.66. The van der Waals surface area contributed by atoms with Crippen LogP contribution in [-0.4, -0.2) is 37.5 Å². The van der Waals surface area contributed by atoms with Crippen molar-refractivity contribution < 1.29 is 28.2 Å². The molecule has 2 aromatic carbocycles. The molecule has 2 rings (SSSR count). The summed E-state index contributed by atoms with van der Waals surface area (Å²) in [5, 5.41) is 10.3. The van der Waals surface area contributed by atoms with Crippen LogP contribution in [-0.2, 0) is 20.9 Å². The van der Waals surface area contributed by atoms with Gasteiger partial charge in [0.1, 0.15) is 23.2 Å². The molecule has 2 aromatic rings. The summed E-state index contributed by atoms with van der Waals surface area (Å²) >= 11 is 0. The number of carbonyl (C=O) groups excluding carboxylic acids is 2. The minimum atomic E-state index is -1.18. The molecule has 0 aromatic heterocycles. The van der Waals surface area contributed by atoms with Crippen molar-refractivity contribution in [2.45, 2.75) is 32.6 Å². The van der Waals surface area contributed by atoms with Crippen molar-refractivity contribution in [1.82, 2.24) is 5.32 Å². The number of hydrogen-bond acceptors (Lipinski definition) is 6. The van der Waals surface area contributed by atoms with E-state index in [-0.39, 0.29) is 30.3 Å². The van der Waals surface area contributed by atoms with Gasteiger partial charge >= 0.3 is 0 Å². The van der Waals surface area contributed by atoms with Crippen LogP contribution in [0, 0.1) is 11.2 Å². The van der Waals surface area contributed by atoms with Crippen LogP contribution in [0.25, 0.3) is 0 Å². The lowest BCUT2D eigenvalue weighted by Gasteiger charge is -2.20. The first-order valence-corrected chi connectivity index (χ1v) is 9.83. The molecule has 32 heavy (non-hydrogen) atoms. The predicted octanol–water partition coefficient (Wildman–Crippen LogP) is 1.76. The van der Waals surface area contributed by atoms with Crippen molar-refractivity contribution >= 4 is 17.6 Å². The molecule has 0 spiro atoms. The molecular weight excluding hydrogens is 419 g/mol. The van der Waals surface area contributed by atoms with Gasteiger partial charge in [-0.05, 0) is 32.0 Å². The highest BCUT2D eigenvalue weighted by atomic mass is 19.1. The zero-order chi connectivity index (χ0) is 23.8. The molecule has 172 valence electrons. The third-order valence-electron chi connectivity index (χ3n) is 4.60. The number of halogens is 1. The Morgan fingerprint density at radius 3 is 2.47 bits per heavy atom. The molecule has 0 aliphatic rings. The van der Waals surface area contributed by atoms with E-state index in [0.717, 1.165) is 0 Å². The quantitative estimate of drug-likeness (QED) is 0.305. The van der Waals surface area contributed by atoms with Crippen molar-refractivity contribution in [1.29, 1.82) is 5.41 Å². The third-order valence-corrected chi connectivity index (χ3v) is 4.60. The summed E-state index contributed by atoms with van der Waals surface area (Å²) in [6.45, 7) is 3.34. The zero-order valence-electron chi connectivity index (χ0n) is 18.1. The van der Waals surface area contributed by atoms with Crippen molar-refractivity contribution in [3.63, 3.8) is 0 Å². The number of hydrogen-bond donors (Lipinski definition) is 4. The summed E-state index contributed by atoms with van der Waals surface area (Å²) in [4.78, 5) is 24.2. The van der Waals surface area contributed by atoms with Crippen LogP contribution in [0.1, 0.15) is 36.6 Å². The van der Waals surface area contributed by atoms with Gasteiger partial charge < -0.3 is 31.0 Å². The predicted molar refractivity (Wildman–Crippen MR) is 116 cm³/mol. The van der Waals surface area contributed by atoms with E-state index in [1.54, 1.807) is 19.1 Å². The molecule has 0 saturated heterocycles. The lowest BCUT2D eigenvalue weighted by atomic mass is 10.1. The van der Waals surface area contributed by atoms with E-state index < -0.39 is 29.8 Å². The number of amidine groups is 1. The SMILES string of the molecule is CCOC(C(=O)NCc1ccc(C(=N)N)cc1O[C@@H](C)C(N)=O)c1ccc(OC)cc1F. The van der Waals surface area contributed by atoms with E-state index in [4.69, 9.17) is 31.1 Å². The summed E-state index contributed by atoms with van der Waals surface area (Å²) in [7, 11) is 1.41. The molecule has 6 N–H and O–H groups in total. The van der Waals surface area contributed by atoms with E-state index in [1.165, 1.54) is 38.3 Å². The molecular formula is C22H27FN4O5. The number of nitrogen functional groups attached to an aromatic ring is 1. The van der Waals surface area contributed by atoms with E-state index >= 15 is 0 Å². The van der Waals surface area contributed by atoms with Gasteiger partial charge in [0.25, 0.3) is 11.8 Å². The fourth-order valence-electron chi connectivity index (χ4n) is 2.82. The van der Waals surface area contributed by atoms with E-state index in [0.29, 0.717) is 16.9 Å². The zero-order valence-corrected chi connectivity index (χ0v) is 18.1. The van der Waals surface area contributed by atoms with Crippen LogP contribution in [0.4, 0.5) is 4.39 Å². The van der Waals surface area contributed by atoms with E-state index in [9.17, 15) is 14.0 Å². The molecule has 2 amide bonds. The van der Waals surface area contributed by atoms with Gasteiger partial charge in [-0.25, -0.2) is 4.39 Å². The monoisotopic (exact) mass is 446 g/mol. The summed E-state index contributed by atoms with van der Waals surface area (Å²) < 4.78 is 30.6. The van der Waals surface area contributed by atoms with Crippen molar-refractivity contribution in [3.8, 4) is 11.5 Å². The minimum Gasteiger partial charge on any atom is -0.497 e. The van der Waals surface area contributed by atoms with Crippen LogP contribution in [0.2, 0.25) is 0 Å². The normalized spacial score (nSPS) is 12.5. The molecule has 0 heterocycles. The van der Waals surface area contributed by atoms with Crippen LogP contribution in [0.5, 0.6) is 11.5 Å². The number of carbonyl (C=O) groups is 2. The van der Waals surface area contributed by atoms with Crippen molar-refractivity contribution in [3.05, 3.63) is 58.9 Å². The Morgan fingerprint density at radius 2 is 1.91 bits per heavy atom. The topological polar surface area (TPSA) is 150 Å². The highest BCUT2D eigenvalue weighted by molar-refractivity contribution is 5.95. The third kappa shape index (κ3) is 6.17. The highest BCUT2D eigenvalue weighted by Gasteiger charge is 2.25. The first-order valence-electron chi connectivity index (χ1n) is 9.83. The average molecular weight is 446 g/mol. The Balaban J connectivity index is 2.25. The van der Waals surface area contributed by atoms with Gasteiger partial charge in [0.15, 0.2) is 12.2 Å². The second-order valence-corrected chi connectivity index (χ2v) is 6.84. The van der Waals surface area contributed by atoms with Gasteiger partial charge in [-0.2, -0.15) is 0 Å². The Bertz CT molecular complexity index is 998. The van der Waals surface area contributed by atoms with Crippen LogP contribution in [0.15, 0.2) is 36.4 Å². The smallest absolute Gasteiger partial charge is 0.258 e. The fourth-order valence-corrected chi connectivity index (χ4v) is 2.82. The molecule has 10 heteroatoms. The Labute approximate surface area is 185 Å². The largest absolute Gasteiger partial charge is 0.497 e. The van der Waals surface area contributed by atoms with Crippen molar-refractivity contribution in [2.24, 2.45) is 11.5 Å². The van der Waals surface area contributed by atoms with E-state index in [2.05, 4.69) is 5.32 Å². The van der Waals surface area contributed by atoms with Gasteiger partial charge in [-0.3, -0.25) is 15.0 Å². The number of benzene rings is 2. The van der Waals surface area contributed by atoms with Crippen molar-refractivity contribution in [2.75, 3.05) is 13.7 Å². The lowest BCUT2D eigenvalue weighted by Crippen LogP contribution is -2.33.